The van der Waals surface area contributed by atoms with Crippen molar-refractivity contribution >= 4 is 33.5 Å². The summed E-state index contributed by atoms with van der Waals surface area (Å²) >= 11 is 0. The first-order valence-corrected chi connectivity index (χ1v) is 11.1. The molecule has 0 aliphatic rings. The van der Waals surface area contributed by atoms with Gasteiger partial charge >= 0.3 is 11.9 Å². The highest BCUT2D eigenvalue weighted by Crippen LogP contribution is 2.47. The predicted molar refractivity (Wildman–Crippen MR) is 131 cm³/mol. The molecule has 0 heterocycles. The van der Waals surface area contributed by atoms with Crippen molar-refractivity contribution in [1.82, 2.24) is 0 Å². The van der Waals surface area contributed by atoms with Crippen molar-refractivity contribution in [3.63, 3.8) is 0 Å². The van der Waals surface area contributed by atoms with Crippen molar-refractivity contribution in [3.8, 4) is 22.6 Å². The molecule has 0 spiro atoms. The zero-order chi connectivity index (χ0) is 24.6. The number of hydrogen-bond acceptors (Lipinski definition) is 6. The Hall–Kier alpha value is -4.06. The van der Waals surface area contributed by atoms with Crippen molar-refractivity contribution < 1.29 is 29.3 Å². The molecule has 0 unspecified atom stereocenters. The van der Waals surface area contributed by atoms with Gasteiger partial charge in [0.25, 0.3) is 0 Å². The summed E-state index contributed by atoms with van der Waals surface area (Å²) in [6.45, 7) is 6.89. The summed E-state index contributed by atoms with van der Waals surface area (Å²) in [7, 11) is 0. The zero-order valence-corrected chi connectivity index (χ0v) is 19.5. The third-order valence-electron chi connectivity index (χ3n) is 5.42. The van der Waals surface area contributed by atoms with E-state index in [4.69, 9.17) is 9.47 Å². The number of carbonyl (C=O) groups is 2. The molecule has 0 radical (unpaired) electrons. The fourth-order valence-electron chi connectivity index (χ4n) is 4.05. The van der Waals surface area contributed by atoms with E-state index in [0.717, 1.165) is 0 Å². The van der Waals surface area contributed by atoms with Crippen molar-refractivity contribution in [2.24, 2.45) is 0 Å². The molecule has 0 aliphatic carbocycles. The Morgan fingerprint density at radius 3 is 1.35 bits per heavy atom. The number of carbonyl (C=O) groups excluding carboxylic acids is 2. The van der Waals surface area contributed by atoms with Crippen LogP contribution in [-0.4, -0.2) is 34.4 Å². The molecule has 0 aliphatic heterocycles. The van der Waals surface area contributed by atoms with Crippen molar-refractivity contribution in [3.05, 3.63) is 71.8 Å². The third-order valence-corrected chi connectivity index (χ3v) is 5.42. The van der Waals surface area contributed by atoms with Crippen LogP contribution >= 0.6 is 0 Å². The molecule has 0 atom stereocenters. The fraction of sp³-hybridized carbons (Fsp3) is 0.214. The molecule has 0 saturated carbocycles. The number of esters is 2. The molecule has 6 nitrogen and oxygen atoms in total. The van der Waals surface area contributed by atoms with Crippen LogP contribution in [0.1, 0.15) is 48.4 Å². The molecule has 0 aromatic heterocycles. The molecule has 0 bridgehead atoms. The van der Waals surface area contributed by atoms with Crippen LogP contribution in [0.15, 0.2) is 60.7 Å². The van der Waals surface area contributed by atoms with Gasteiger partial charge in [-0.05, 0) is 61.4 Å². The second-order valence-electron chi connectivity index (χ2n) is 8.65. The SMILES string of the molecule is CC(C)OC(=O)c1cc2ccccc2c(-c2c(O)c(C(=O)OC(C)C)cc3ccccc23)c1O. The van der Waals surface area contributed by atoms with Crippen LogP contribution in [0, 0.1) is 0 Å². The number of ether oxygens (including phenoxy) is 2. The van der Waals surface area contributed by atoms with Gasteiger partial charge in [0.1, 0.15) is 22.6 Å². The highest BCUT2D eigenvalue weighted by atomic mass is 16.5. The van der Waals surface area contributed by atoms with Gasteiger partial charge in [-0.2, -0.15) is 0 Å². The Morgan fingerprint density at radius 1 is 0.647 bits per heavy atom. The van der Waals surface area contributed by atoms with E-state index in [1.54, 1.807) is 76.2 Å². The highest BCUT2D eigenvalue weighted by Gasteiger charge is 2.27. The number of fused-ring (bicyclic) bond motifs is 2. The molecule has 34 heavy (non-hydrogen) atoms. The van der Waals surface area contributed by atoms with Crippen LogP contribution in [0.4, 0.5) is 0 Å². The van der Waals surface area contributed by atoms with Crippen molar-refractivity contribution in [1.29, 1.82) is 0 Å². The van der Waals surface area contributed by atoms with Crippen molar-refractivity contribution in [2.45, 2.75) is 39.9 Å². The molecular weight excluding hydrogens is 432 g/mol. The Kier molecular flexibility index (Phi) is 6.16. The molecule has 6 heteroatoms. The quantitative estimate of drug-likeness (QED) is 0.346. The lowest BCUT2D eigenvalue weighted by molar-refractivity contribution is 0.0363. The molecule has 0 fully saturated rings. The van der Waals surface area contributed by atoms with E-state index >= 15 is 0 Å². The minimum absolute atomic E-state index is 0.0268. The van der Waals surface area contributed by atoms with Gasteiger partial charge < -0.3 is 19.7 Å². The van der Waals surface area contributed by atoms with Gasteiger partial charge in [0, 0.05) is 11.1 Å². The van der Waals surface area contributed by atoms with Gasteiger partial charge in [-0.15, -0.1) is 0 Å². The minimum atomic E-state index is -0.682. The highest BCUT2D eigenvalue weighted by molar-refractivity contribution is 6.15. The second kappa shape index (κ2) is 9.06. The monoisotopic (exact) mass is 458 g/mol. The van der Waals surface area contributed by atoms with Gasteiger partial charge in [-0.1, -0.05) is 48.5 Å². The van der Waals surface area contributed by atoms with Gasteiger partial charge in [-0.25, -0.2) is 9.59 Å². The van der Waals surface area contributed by atoms with E-state index in [0.29, 0.717) is 21.5 Å². The summed E-state index contributed by atoms with van der Waals surface area (Å²) in [6, 6.07) is 17.5. The maximum absolute atomic E-state index is 12.8. The number of rotatable bonds is 5. The lowest BCUT2D eigenvalue weighted by Gasteiger charge is -2.19. The molecule has 4 aromatic rings. The normalized spacial score (nSPS) is 11.4. The van der Waals surface area contributed by atoms with Gasteiger partial charge in [0.05, 0.1) is 12.2 Å². The smallest absolute Gasteiger partial charge is 0.342 e. The lowest BCUT2D eigenvalue weighted by Crippen LogP contribution is -2.13. The maximum Gasteiger partial charge on any atom is 0.342 e. The molecular formula is C28H26O6. The summed E-state index contributed by atoms with van der Waals surface area (Å²) < 4.78 is 10.7. The zero-order valence-electron chi connectivity index (χ0n) is 19.5. The van der Waals surface area contributed by atoms with Crippen LogP contribution in [0.3, 0.4) is 0 Å². The van der Waals surface area contributed by atoms with E-state index in [9.17, 15) is 19.8 Å². The van der Waals surface area contributed by atoms with Crippen LogP contribution in [0.2, 0.25) is 0 Å². The van der Waals surface area contributed by atoms with Crippen LogP contribution in [0.25, 0.3) is 32.7 Å². The number of aromatic hydroxyl groups is 2. The van der Waals surface area contributed by atoms with Crippen LogP contribution in [0.5, 0.6) is 11.5 Å². The second-order valence-corrected chi connectivity index (χ2v) is 8.65. The first-order chi connectivity index (χ1) is 16.2. The van der Waals surface area contributed by atoms with Gasteiger partial charge in [0.15, 0.2) is 0 Å². The van der Waals surface area contributed by atoms with E-state index in [1.165, 1.54) is 0 Å². The van der Waals surface area contributed by atoms with Gasteiger partial charge in [0.2, 0.25) is 0 Å². The summed E-state index contributed by atoms with van der Waals surface area (Å²) in [5.74, 6) is -2.03. The number of hydrogen-bond donors (Lipinski definition) is 2. The Labute approximate surface area is 197 Å². The first kappa shape index (κ1) is 23.1. The summed E-state index contributed by atoms with van der Waals surface area (Å²) in [5, 5.41) is 25.3. The summed E-state index contributed by atoms with van der Waals surface area (Å²) in [4.78, 5) is 25.7. The Bertz CT molecular complexity index is 1310. The summed E-state index contributed by atoms with van der Waals surface area (Å²) in [6.07, 6.45) is -0.768. The topological polar surface area (TPSA) is 93.1 Å². The molecule has 4 aromatic carbocycles. The molecule has 2 N–H and O–H groups in total. The van der Waals surface area contributed by atoms with Crippen molar-refractivity contribution in [2.75, 3.05) is 0 Å². The number of phenolic OH excluding ortho intramolecular Hbond substituents is 2. The lowest BCUT2D eigenvalue weighted by atomic mass is 9.88. The first-order valence-electron chi connectivity index (χ1n) is 11.1. The Morgan fingerprint density at radius 2 is 1.00 bits per heavy atom. The van der Waals surface area contributed by atoms with E-state index < -0.39 is 11.9 Å². The fourth-order valence-corrected chi connectivity index (χ4v) is 4.05. The number of phenols is 2. The molecule has 4 rings (SSSR count). The largest absolute Gasteiger partial charge is 0.506 e. The van der Waals surface area contributed by atoms with Crippen LogP contribution in [-0.2, 0) is 9.47 Å². The molecule has 0 amide bonds. The predicted octanol–water partition coefficient (Wildman–Crippen LogP) is 6.20. The Balaban J connectivity index is 2.12. The molecule has 0 saturated heterocycles. The summed E-state index contributed by atoms with van der Waals surface area (Å²) in [5.41, 5.74) is 0.422. The minimum Gasteiger partial charge on any atom is -0.506 e. The van der Waals surface area contributed by atoms with Crippen LogP contribution < -0.4 is 0 Å². The van der Waals surface area contributed by atoms with E-state index in [-0.39, 0.29) is 46.0 Å². The molecule has 174 valence electrons. The number of benzene rings is 4. The standard InChI is InChI=1S/C28H26O6/c1-15(2)33-27(31)21-13-17-9-5-7-11-19(17)23(25(21)29)24-20-12-8-6-10-18(20)14-22(26(24)30)28(32)34-16(3)4/h5-16,29-30H,1-4H3. The third kappa shape index (κ3) is 4.15. The van der Waals surface area contributed by atoms with E-state index in [2.05, 4.69) is 0 Å². The average Bonchev–Trinajstić information content (AvgIpc) is 2.78. The average molecular weight is 459 g/mol. The maximum atomic E-state index is 12.8. The van der Waals surface area contributed by atoms with E-state index in [1.807, 2.05) is 12.1 Å². The van der Waals surface area contributed by atoms with Gasteiger partial charge in [-0.3, -0.25) is 0 Å².